The Hall–Kier alpha value is -2.87. The molecule has 0 saturated carbocycles. The second-order valence-electron chi connectivity index (χ2n) is 6.52. The summed E-state index contributed by atoms with van der Waals surface area (Å²) in [5.74, 6) is -0.922. The van der Waals surface area contributed by atoms with Gasteiger partial charge < -0.3 is 20.7 Å². The van der Waals surface area contributed by atoms with Crippen molar-refractivity contribution < 1.29 is 19.1 Å². The van der Waals surface area contributed by atoms with Crippen molar-refractivity contribution in [1.82, 2.24) is 16.0 Å². The van der Waals surface area contributed by atoms with Crippen molar-refractivity contribution in [2.75, 3.05) is 0 Å². The van der Waals surface area contributed by atoms with Gasteiger partial charge in [0.05, 0.1) is 12.1 Å². The number of carbonyl (C=O) groups is 3. The van der Waals surface area contributed by atoms with Crippen molar-refractivity contribution in [2.45, 2.75) is 46.0 Å². The van der Waals surface area contributed by atoms with E-state index in [1.807, 2.05) is 31.4 Å². The quantitative estimate of drug-likeness (QED) is 0.591. The van der Waals surface area contributed by atoms with Crippen molar-refractivity contribution in [3.63, 3.8) is 0 Å². The van der Waals surface area contributed by atoms with Crippen LogP contribution in [0.2, 0.25) is 0 Å². The number of nitrogens with one attached hydrogen (secondary N) is 3. The first kappa shape index (κ1) is 21.4. The monoisotopic (exact) mass is 403 g/mol. The highest BCUT2D eigenvalue weighted by Crippen LogP contribution is 2.09. The molecule has 7 nitrogen and oxygen atoms in total. The smallest absolute Gasteiger partial charge is 0.338 e. The second-order valence-corrected chi connectivity index (χ2v) is 7.56. The van der Waals surface area contributed by atoms with Crippen LogP contribution in [0.3, 0.4) is 0 Å². The van der Waals surface area contributed by atoms with Gasteiger partial charge in [-0.2, -0.15) is 0 Å². The van der Waals surface area contributed by atoms with Crippen molar-refractivity contribution >= 4 is 29.2 Å². The second kappa shape index (κ2) is 10.5. The molecule has 8 heteroatoms. The lowest BCUT2D eigenvalue weighted by Crippen LogP contribution is -2.39. The minimum Gasteiger partial charge on any atom is -0.449 e. The summed E-state index contributed by atoms with van der Waals surface area (Å²) in [7, 11) is 0. The predicted molar refractivity (Wildman–Crippen MR) is 108 cm³/mol. The van der Waals surface area contributed by atoms with Gasteiger partial charge in [-0.15, -0.1) is 11.3 Å². The molecule has 0 fully saturated rings. The molecule has 2 aromatic rings. The first-order chi connectivity index (χ1) is 13.3. The van der Waals surface area contributed by atoms with Crippen LogP contribution in [0.1, 0.15) is 41.6 Å². The normalized spacial score (nSPS) is 11.6. The zero-order valence-corrected chi connectivity index (χ0v) is 17.0. The van der Waals surface area contributed by atoms with Gasteiger partial charge in [-0.1, -0.05) is 18.2 Å². The number of benzene rings is 1. The largest absolute Gasteiger partial charge is 0.449 e. The van der Waals surface area contributed by atoms with Crippen LogP contribution in [-0.2, 0) is 22.6 Å². The molecule has 150 valence electrons. The summed E-state index contributed by atoms with van der Waals surface area (Å²) in [6, 6.07) is 10.3. The molecule has 3 amide bonds. The molecular weight excluding hydrogens is 378 g/mol. The predicted octanol–water partition coefficient (Wildman–Crippen LogP) is 2.82. The van der Waals surface area contributed by atoms with Gasteiger partial charge in [0.1, 0.15) is 0 Å². The molecule has 2 rings (SSSR count). The molecule has 0 bridgehead atoms. The summed E-state index contributed by atoms with van der Waals surface area (Å²) in [6.45, 7) is 6.04. The molecule has 0 unspecified atom stereocenters. The van der Waals surface area contributed by atoms with E-state index in [0.29, 0.717) is 18.7 Å². The van der Waals surface area contributed by atoms with E-state index < -0.39 is 12.1 Å². The van der Waals surface area contributed by atoms with Crippen LogP contribution >= 0.6 is 11.3 Å². The minimum atomic E-state index is -0.895. The number of esters is 1. The van der Waals surface area contributed by atoms with Crippen LogP contribution in [0.5, 0.6) is 0 Å². The van der Waals surface area contributed by atoms with Crippen LogP contribution < -0.4 is 16.0 Å². The van der Waals surface area contributed by atoms with E-state index in [-0.39, 0.29) is 18.0 Å². The third-order valence-electron chi connectivity index (χ3n) is 3.73. The van der Waals surface area contributed by atoms with Gasteiger partial charge in [-0.3, -0.25) is 4.79 Å². The molecule has 0 radical (unpaired) electrons. The molecule has 0 aliphatic rings. The minimum absolute atomic E-state index is 0.0571. The van der Waals surface area contributed by atoms with Gasteiger partial charge in [0.2, 0.25) is 0 Å². The Kier molecular flexibility index (Phi) is 8.01. The van der Waals surface area contributed by atoms with Gasteiger partial charge >= 0.3 is 12.0 Å². The van der Waals surface area contributed by atoms with E-state index in [2.05, 4.69) is 16.0 Å². The third-order valence-corrected chi connectivity index (χ3v) is 4.61. The van der Waals surface area contributed by atoms with Crippen molar-refractivity contribution in [1.29, 1.82) is 0 Å². The maximum atomic E-state index is 12.2. The van der Waals surface area contributed by atoms with Gasteiger partial charge in [0.15, 0.2) is 6.10 Å². The van der Waals surface area contributed by atoms with E-state index in [1.165, 1.54) is 6.92 Å². The summed E-state index contributed by atoms with van der Waals surface area (Å²) < 4.78 is 5.22. The van der Waals surface area contributed by atoms with Crippen LogP contribution in [0.25, 0.3) is 0 Å². The van der Waals surface area contributed by atoms with E-state index >= 15 is 0 Å². The topological polar surface area (TPSA) is 96.5 Å². The fourth-order valence-electron chi connectivity index (χ4n) is 2.27. The lowest BCUT2D eigenvalue weighted by molar-refractivity contribution is -0.129. The number of thiophene rings is 1. The number of carbonyl (C=O) groups excluding carboxylic acids is 3. The summed E-state index contributed by atoms with van der Waals surface area (Å²) >= 11 is 1.54. The van der Waals surface area contributed by atoms with Gasteiger partial charge in [-0.25, -0.2) is 9.59 Å². The highest BCUT2D eigenvalue weighted by molar-refractivity contribution is 7.09. The Morgan fingerprint density at radius 1 is 1.00 bits per heavy atom. The molecule has 1 atom stereocenters. The van der Waals surface area contributed by atoms with Gasteiger partial charge in [0.25, 0.3) is 5.91 Å². The molecule has 0 aliphatic carbocycles. The zero-order chi connectivity index (χ0) is 20.5. The van der Waals surface area contributed by atoms with E-state index in [9.17, 15) is 14.4 Å². The highest BCUT2D eigenvalue weighted by Gasteiger charge is 2.18. The lowest BCUT2D eigenvalue weighted by atomic mass is 10.1. The Morgan fingerprint density at radius 2 is 1.71 bits per heavy atom. The number of hydrogen-bond donors (Lipinski definition) is 3. The van der Waals surface area contributed by atoms with E-state index in [0.717, 1.165) is 10.4 Å². The molecular formula is C20H25N3O4S. The number of rotatable bonds is 8. The number of amides is 3. The highest BCUT2D eigenvalue weighted by atomic mass is 32.1. The van der Waals surface area contributed by atoms with E-state index in [1.54, 1.807) is 35.6 Å². The first-order valence-electron chi connectivity index (χ1n) is 8.99. The fourth-order valence-corrected chi connectivity index (χ4v) is 2.91. The van der Waals surface area contributed by atoms with Crippen molar-refractivity contribution in [3.05, 3.63) is 57.8 Å². The summed E-state index contributed by atoms with van der Waals surface area (Å²) in [5, 5.41) is 10.1. The van der Waals surface area contributed by atoms with Crippen molar-refractivity contribution in [2.24, 2.45) is 0 Å². The third kappa shape index (κ3) is 7.03. The Labute approximate surface area is 168 Å². The molecule has 0 aliphatic heterocycles. The Bertz CT molecular complexity index is 788. The SMILES string of the molecule is CC(C)NC(=O)NCc1ccc(C(=O)O[C@H](C)C(=O)NCc2cccs2)cc1. The van der Waals surface area contributed by atoms with Gasteiger partial charge in [0, 0.05) is 17.5 Å². The standard InChI is InChI=1S/C20H25N3O4S/c1-13(2)23-20(26)22-11-15-6-8-16(9-7-15)19(25)27-14(3)18(24)21-12-17-5-4-10-28-17/h4-10,13-14H,11-12H2,1-3H3,(H,21,24)(H2,22,23,26)/t14-/m1/s1. The zero-order valence-electron chi connectivity index (χ0n) is 16.2. The molecule has 1 aromatic carbocycles. The summed E-state index contributed by atoms with van der Waals surface area (Å²) in [5.41, 5.74) is 1.19. The Morgan fingerprint density at radius 3 is 2.32 bits per heavy atom. The first-order valence-corrected chi connectivity index (χ1v) is 9.87. The fraction of sp³-hybridized carbons (Fsp3) is 0.350. The van der Waals surface area contributed by atoms with E-state index in [4.69, 9.17) is 4.74 Å². The molecule has 0 spiro atoms. The number of ether oxygens (including phenoxy) is 1. The Balaban J connectivity index is 1.79. The average Bonchev–Trinajstić information content (AvgIpc) is 3.17. The molecule has 28 heavy (non-hydrogen) atoms. The maximum absolute atomic E-state index is 12.2. The van der Waals surface area contributed by atoms with Crippen LogP contribution in [0.4, 0.5) is 4.79 Å². The lowest BCUT2D eigenvalue weighted by Gasteiger charge is -2.13. The molecule has 0 saturated heterocycles. The van der Waals surface area contributed by atoms with Crippen molar-refractivity contribution in [3.8, 4) is 0 Å². The summed E-state index contributed by atoms with van der Waals surface area (Å²) in [6.07, 6.45) is -0.895. The van der Waals surface area contributed by atoms with Gasteiger partial charge in [-0.05, 0) is 49.9 Å². The maximum Gasteiger partial charge on any atom is 0.338 e. The average molecular weight is 404 g/mol. The van der Waals surface area contributed by atoms with Crippen LogP contribution in [0.15, 0.2) is 41.8 Å². The summed E-state index contributed by atoms with van der Waals surface area (Å²) in [4.78, 5) is 36.9. The molecule has 1 heterocycles. The molecule has 3 N–H and O–H groups in total. The van der Waals surface area contributed by atoms with Crippen LogP contribution in [-0.4, -0.2) is 30.1 Å². The number of hydrogen-bond acceptors (Lipinski definition) is 5. The number of urea groups is 1. The van der Waals surface area contributed by atoms with Crippen LogP contribution in [0, 0.1) is 0 Å². The molecule has 1 aromatic heterocycles.